The van der Waals surface area contributed by atoms with Crippen molar-refractivity contribution >= 4 is 10.8 Å². The van der Waals surface area contributed by atoms with Gasteiger partial charge in [-0.25, -0.2) is 0 Å². The summed E-state index contributed by atoms with van der Waals surface area (Å²) in [4.78, 5) is 4.41. The van der Waals surface area contributed by atoms with Gasteiger partial charge in [-0.15, -0.1) is 0 Å². The van der Waals surface area contributed by atoms with Gasteiger partial charge in [-0.05, 0) is 43.0 Å². The van der Waals surface area contributed by atoms with Crippen LogP contribution in [0.25, 0.3) is 10.8 Å². The van der Waals surface area contributed by atoms with Crippen molar-refractivity contribution in [3.05, 3.63) is 36.2 Å². The zero-order valence-corrected chi connectivity index (χ0v) is 9.44. The normalized spacial score (nSPS) is 10.6. The molecule has 0 radical (unpaired) electrons. The number of aryl methyl sites for hydroxylation is 1. The summed E-state index contributed by atoms with van der Waals surface area (Å²) in [6.45, 7) is 0.696. The number of aromatic nitrogens is 1. The van der Waals surface area contributed by atoms with Crippen LogP contribution in [0, 0.1) is 0 Å². The Morgan fingerprint density at radius 3 is 2.94 bits per heavy atom. The third-order valence-corrected chi connectivity index (χ3v) is 2.67. The quantitative estimate of drug-likeness (QED) is 0.851. The van der Waals surface area contributed by atoms with Crippen molar-refractivity contribution in [1.82, 2.24) is 4.98 Å². The summed E-state index contributed by atoms with van der Waals surface area (Å²) >= 11 is 0. The fourth-order valence-corrected chi connectivity index (χ4v) is 1.80. The van der Waals surface area contributed by atoms with E-state index in [2.05, 4.69) is 11.1 Å². The number of ether oxygens (including phenoxy) is 1. The zero-order chi connectivity index (χ0) is 11.4. The van der Waals surface area contributed by atoms with E-state index in [9.17, 15) is 0 Å². The number of nitrogens with two attached hydrogens (primary N) is 1. The first-order chi connectivity index (χ1) is 7.85. The van der Waals surface area contributed by atoms with Crippen LogP contribution in [-0.2, 0) is 6.42 Å². The van der Waals surface area contributed by atoms with Crippen LogP contribution >= 0.6 is 0 Å². The molecule has 0 amide bonds. The smallest absolute Gasteiger partial charge is 0.119 e. The topological polar surface area (TPSA) is 48.1 Å². The first-order valence-electron chi connectivity index (χ1n) is 5.47. The third-order valence-electron chi connectivity index (χ3n) is 2.67. The summed E-state index contributed by atoms with van der Waals surface area (Å²) < 4.78 is 5.23. The van der Waals surface area contributed by atoms with Gasteiger partial charge in [0.15, 0.2) is 0 Å². The second-order valence-corrected chi connectivity index (χ2v) is 3.74. The monoisotopic (exact) mass is 216 g/mol. The van der Waals surface area contributed by atoms with Crippen LogP contribution in [0.15, 0.2) is 30.5 Å². The van der Waals surface area contributed by atoms with E-state index in [4.69, 9.17) is 10.5 Å². The second kappa shape index (κ2) is 4.94. The highest BCUT2D eigenvalue weighted by Gasteiger charge is 2.03. The van der Waals surface area contributed by atoms with E-state index in [-0.39, 0.29) is 0 Å². The van der Waals surface area contributed by atoms with Crippen molar-refractivity contribution in [2.24, 2.45) is 5.73 Å². The fourth-order valence-electron chi connectivity index (χ4n) is 1.80. The lowest BCUT2D eigenvalue weighted by molar-refractivity contribution is 0.415. The molecule has 0 saturated carbocycles. The number of methoxy groups -OCH3 is 1. The van der Waals surface area contributed by atoms with E-state index in [0.29, 0.717) is 6.54 Å². The number of rotatable bonds is 4. The predicted molar refractivity (Wildman–Crippen MR) is 65.7 cm³/mol. The number of hydrogen-bond donors (Lipinski definition) is 1. The summed E-state index contributed by atoms with van der Waals surface area (Å²) in [7, 11) is 1.68. The molecule has 0 atom stereocenters. The van der Waals surface area contributed by atoms with Crippen LogP contribution < -0.4 is 10.5 Å². The van der Waals surface area contributed by atoms with Crippen LogP contribution in [0.1, 0.15) is 12.1 Å². The molecule has 0 spiro atoms. The maximum absolute atomic E-state index is 5.52. The Morgan fingerprint density at radius 1 is 1.31 bits per heavy atom. The number of pyridine rings is 1. The van der Waals surface area contributed by atoms with E-state index >= 15 is 0 Å². The van der Waals surface area contributed by atoms with E-state index in [0.717, 1.165) is 29.7 Å². The van der Waals surface area contributed by atoms with Crippen molar-refractivity contribution in [1.29, 1.82) is 0 Å². The Labute approximate surface area is 95.2 Å². The molecule has 16 heavy (non-hydrogen) atoms. The minimum atomic E-state index is 0.696. The molecule has 1 heterocycles. The molecular weight excluding hydrogens is 200 g/mol. The minimum absolute atomic E-state index is 0.696. The minimum Gasteiger partial charge on any atom is -0.497 e. The van der Waals surface area contributed by atoms with Crippen LogP contribution in [0.5, 0.6) is 5.75 Å². The van der Waals surface area contributed by atoms with Gasteiger partial charge in [0, 0.05) is 17.3 Å². The lowest BCUT2D eigenvalue weighted by Gasteiger charge is -2.06. The summed E-state index contributed by atoms with van der Waals surface area (Å²) in [6.07, 6.45) is 3.73. The molecule has 2 aromatic rings. The molecule has 0 saturated heterocycles. The molecule has 84 valence electrons. The first kappa shape index (κ1) is 10.9. The van der Waals surface area contributed by atoms with Gasteiger partial charge in [0.05, 0.1) is 7.11 Å². The van der Waals surface area contributed by atoms with E-state index < -0.39 is 0 Å². The molecule has 3 heteroatoms. The highest BCUT2D eigenvalue weighted by Crippen LogP contribution is 2.23. The highest BCUT2D eigenvalue weighted by molar-refractivity contribution is 5.85. The molecule has 0 unspecified atom stereocenters. The van der Waals surface area contributed by atoms with Crippen molar-refractivity contribution in [2.45, 2.75) is 12.8 Å². The second-order valence-electron chi connectivity index (χ2n) is 3.74. The summed E-state index contributed by atoms with van der Waals surface area (Å²) in [6, 6.07) is 8.08. The van der Waals surface area contributed by atoms with Crippen LogP contribution in [0.3, 0.4) is 0 Å². The molecular formula is C13H16N2O. The van der Waals surface area contributed by atoms with E-state index in [1.54, 1.807) is 7.11 Å². The Bertz CT molecular complexity index is 482. The molecule has 1 aromatic carbocycles. The van der Waals surface area contributed by atoms with Crippen LogP contribution in [0.2, 0.25) is 0 Å². The lowest BCUT2D eigenvalue weighted by Crippen LogP contribution is -2.02. The van der Waals surface area contributed by atoms with Gasteiger partial charge in [-0.3, -0.25) is 4.98 Å². The molecule has 0 aliphatic carbocycles. The average molecular weight is 216 g/mol. The Balaban J connectivity index is 2.46. The first-order valence-corrected chi connectivity index (χ1v) is 5.47. The lowest BCUT2D eigenvalue weighted by atomic mass is 10.1. The van der Waals surface area contributed by atoms with Gasteiger partial charge in [-0.2, -0.15) is 0 Å². The largest absolute Gasteiger partial charge is 0.497 e. The van der Waals surface area contributed by atoms with Crippen LogP contribution in [0.4, 0.5) is 0 Å². The van der Waals surface area contributed by atoms with Gasteiger partial charge in [0.1, 0.15) is 5.75 Å². The molecule has 0 fully saturated rings. The van der Waals surface area contributed by atoms with E-state index in [1.807, 2.05) is 24.4 Å². The van der Waals surface area contributed by atoms with Crippen molar-refractivity contribution in [3.63, 3.8) is 0 Å². The van der Waals surface area contributed by atoms with Gasteiger partial charge in [0.2, 0.25) is 0 Å². The Morgan fingerprint density at radius 2 is 2.19 bits per heavy atom. The SMILES string of the molecule is COc1ccc2ccnc(CCCN)c2c1. The van der Waals surface area contributed by atoms with Gasteiger partial charge >= 0.3 is 0 Å². The number of benzene rings is 1. The van der Waals surface area contributed by atoms with Gasteiger partial charge in [0.25, 0.3) is 0 Å². The van der Waals surface area contributed by atoms with Crippen molar-refractivity contribution in [3.8, 4) is 5.75 Å². The van der Waals surface area contributed by atoms with Gasteiger partial charge in [-0.1, -0.05) is 6.07 Å². The zero-order valence-electron chi connectivity index (χ0n) is 9.44. The molecule has 2 rings (SSSR count). The van der Waals surface area contributed by atoms with Gasteiger partial charge < -0.3 is 10.5 Å². The summed E-state index contributed by atoms with van der Waals surface area (Å²) in [5.41, 5.74) is 6.62. The maximum Gasteiger partial charge on any atom is 0.119 e. The van der Waals surface area contributed by atoms with Crippen molar-refractivity contribution < 1.29 is 4.74 Å². The molecule has 2 N–H and O–H groups in total. The standard InChI is InChI=1S/C13H16N2O/c1-16-11-5-4-10-6-8-15-13(3-2-7-14)12(10)9-11/h4-6,8-9H,2-3,7,14H2,1H3. The molecule has 3 nitrogen and oxygen atoms in total. The Hall–Kier alpha value is -1.61. The average Bonchev–Trinajstić information content (AvgIpc) is 2.35. The fraction of sp³-hybridized carbons (Fsp3) is 0.308. The molecule has 0 aliphatic rings. The number of hydrogen-bond acceptors (Lipinski definition) is 3. The summed E-state index contributed by atoms with van der Waals surface area (Å²) in [5, 5.41) is 2.36. The summed E-state index contributed by atoms with van der Waals surface area (Å²) in [5.74, 6) is 0.870. The predicted octanol–water partition coefficient (Wildman–Crippen LogP) is 2.13. The Kier molecular flexibility index (Phi) is 3.37. The highest BCUT2D eigenvalue weighted by atomic mass is 16.5. The van der Waals surface area contributed by atoms with Crippen LogP contribution in [-0.4, -0.2) is 18.6 Å². The maximum atomic E-state index is 5.52. The number of fused-ring (bicyclic) bond motifs is 1. The number of nitrogens with zero attached hydrogens (tertiary/aromatic N) is 1. The molecule has 0 aliphatic heterocycles. The molecule has 0 bridgehead atoms. The molecule has 1 aromatic heterocycles. The third kappa shape index (κ3) is 2.14. The van der Waals surface area contributed by atoms with E-state index in [1.165, 1.54) is 5.39 Å². The van der Waals surface area contributed by atoms with Crippen molar-refractivity contribution in [2.75, 3.05) is 13.7 Å².